The Hall–Kier alpha value is -1.91. The first kappa shape index (κ1) is 17.9. The maximum atomic E-state index is 12.9. The van der Waals surface area contributed by atoms with Crippen LogP contribution in [0, 0.1) is 0 Å². The normalized spacial score (nSPS) is 21.7. The minimum absolute atomic E-state index is 0.0396. The third kappa shape index (κ3) is 4.20. The van der Waals surface area contributed by atoms with Gasteiger partial charge in [-0.05, 0) is 50.7 Å². The summed E-state index contributed by atoms with van der Waals surface area (Å²) in [4.78, 5) is 33.8. The van der Waals surface area contributed by atoms with Crippen molar-refractivity contribution >= 4 is 11.8 Å². The van der Waals surface area contributed by atoms with Crippen molar-refractivity contribution in [2.24, 2.45) is 0 Å². The van der Waals surface area contributed by atoms with Crippen LogP contribution in [-0.4, -0.2) is 52.3 Å². The number of rotatable bonds is 3. The average Bonchev–Trinajstić information content (AvgIpc) is 2.96. The fraction of sp³-hybridized carbons (Fsp3) is 0.650. The summed E-state index contributed by atoms with van der Waals surface area (Å²) in [5.74, 6) is 0.00102. The smallest absolute Gasteiger partial charge is 0.272 e. The number of likely N-dealkylation sites (tertiary alicyclic amines) is 2. The highest BCUT2D eigenvalue weighted by molar-refractivity contribution is 5.98. The van der Waals surface area contributed by atoms with Gasteiger partial charge in [-0.2, -0.15) is 0 Å². The molecule has 0 aliphatic carbocycles. The van der Waals surface area contributed by atoms with Crippen molar-refractivity contribution in [3.63, 3.8) is 0 Å². The van der Waals surface area contributed by atoms with Gasteiger partial charge < -0.3 is 9.80 Å². The number of piperidine rings is 1. The summed E-state index contributed by atoms with van der Waals surface area (Å²) in [5.41, 5.74) is 0.992. The minimum Gasteiger partial charge on any atom is -0.337 e. The van der Waals surface area contributed by atoms with E-state index in [0.717, 1.165) is 51.7 Å². The summed E-state index contributed by atoms with van der Waals surface area (Å²) >= 11 is 0. The number of carbonyl (C=O) groups excluding carboxylic acids is 2. The second-order valence-electron chi connectivity index (χ2n) is 7.19. The summed E-state index contributed by atoms with van der Waals surface area (Å²) < 4.78 is 0. The van der Waals surface area contributed by atoms with Gasteiger partial charge in [0.2, 0.25) is 0 Å². The molecule has 0 radical (unpaired) electrons. The lowest BCUT2D eigenvalue weighted by molar-refractivity contribution is 0.0608. The molecule has 0 aromatic carbocycles. The lowest BCUT2D eigenvalue weighted by atomic mass is 9.99. The highest BCUT2D eigenvalue weighted by Gasteiger charge is 2.27. The SMILES string of the molecule is CCC1CCCCN1C(=O)c1ccnc(C(=O)N2CCCCCC2)c1. The standard InChI is InChI=1S/C20H29N3O2/c1-2-17-9-5-8-14-23(17)19(24)16-10-11-21-18(15-16)20(25)22-12-6-3-4-7-13-22/h10-11,15,17H,2-9,12-14H2,1H3. The Morgan fingerprint density at radius 2 is 1.76 bits per heavy atom. The molecule has 5 heteroatoms. The van der Waals surface area contributed by atoms with Gasteiger partial charge in [0.25, 0.3) is 11.8 Å². The molecule has 0 saturated carbocycles. The largest absolute Gasteiger partial charge is 0.337 e. The van der Waals surface area contributed by atoms with Gasteiger partial charge in [-0.3, -0.25) is 14.6 Å². The van der Waals surface area contributed by atoms with Crippen LogP contribution in [0.15, 0.2) is 18.3 Å². The highest BCUT2D eigenvalue weighted by atomic mass is 16.2. The molecule has 2 aliphatic heterocycles. The second-order valence-corrected chi connectivity index (χ2v) is 7.19. The van der Waals surface area contributed by atoms with Gasteiger partial charge >= 0.3 is 0 Å². The summed E-state index contributed by atoms with van der Waals surface area (Å²) in [5, 5.41) is 0. The number of hydrogen-bond acceptors (Lipinski definition) is 3. The van der Waals surface area contributed by atoms with Crippen LogP contribution in [0.4, 0.5) is 0 Å². The Morgan fingerprint density at radius 1 is 1.04 bits per heavy atom. The van der Waals surface area contributed by atoms with E-state index in [-0.39, 0.29) is 11.8 Å². The summed E-state index contributed by atoms with van der Waals surface area (Å²) in [6.07, 6.45) is 10.4. The Kier molecular flexibility index (Phi) is 6.05. The summed E-state index contributed by atoms with van der Waals surface area (Å²) in [6, 6.07) is 3.75. The second kappa shape index (κ2) is 8.45. The molecule has 3 rings (SSSR count). The zero-order chi connectivity index (χ0) is 17.6. The van der Waals surface area contributed by atoms with E-state index in [1.165, 1.54) is 19.3 Å². The predicted molar refractivity (Wildman–Crippen MR) is 97.6 cm³/mol. The number of aromatic nitrogens is 1. The molecule has 2 saturated heterocycles. The summed E-state index contributed by atoms with van der Waals surface area (Å²) in [6.45, 7) is 4.54. The minimum atomic E-state index is -0.0396. The van der Waals surface area contributed by atoms with Crippen LogP contribution in [0.5, 0.6) is 0 Å². The lowest BCUT2D eigenvalue weighted by Crippen LogP contribution is -2.43. The molecule has 5 nitrogen and oxygen atoms in total. The van der Waals surface area contributed by atoms with Gasteiger partial charge in [-0.25, -0.2) is 0 Å². The molecule has 2 aliphatic rings. The lowest BCUT2D eigenvalue weighted by Gasteiger charge is -2.35. The van der Waals surface area contributed by atoms with Crippen LogP contribution in [-0.2, 0) is 0 Å². The van der Waals surface area contributed by atoms with Crippen LogP contribution in [0.25, 0.3) is 0 Å². The number of nitrogens with zero attached hydrogens (tertiary/aromatic N) is 3. The predicted octanol–water partition coefficient (Wildman–Crippen LogP) is 3.50. The quantitative estimate of drug-likeness (QED) is 0.844. The van der Waals surface area contributed by atoms with Crippen LogP contribution < -0.4 is 0 Å². The Labute approximate surface area is 150 Å². The van der Waals surface area contributed by atoms with Gasteiger partial charge in [-0.1, -0.05) is 19.8 Å². The Bertz CT molecular complexity index is 609. The molecule has 1 unspecified atom stereocenters. The molecule has 25 heavy (non-hydrogen) atoms. The molecule has 2 fully saturated rings. The molecule has 0 spiro atoms. The van der Waals surface area contributed by atoms with E-state index in [1.807, 2.05) is 9.80 Å². The van der Waals surface area contributed by atoms with Gasteiger partial charge in [0, 0.05) is 37.4 Å². The van der Waals surface area contributed by atoms with Gasteiger partial charge in [-0.15, -0.1) is 0 Å². The first-order valence-electron chi connectivity index (χ1n) is 9.77. The molecule has 0 bridgehead atoms. The van der Waals surface area contributed by atoms with E-state index in [2.05, 4.69) is 11.9 Å². The van der Waals surface area contributed by atoms with Crippen molar-refractivity contribution in [2.75, 3.05) is 19.6 Å². The Balaban J connectivity index is 1.76. The molecule has 1 aromatic heterocycles. The van der Waals surface area contributed by atoms with E-state index >= 15 is 0 Å². The van der Waals surface area contributed by atoms with E-state index in [0.29, 0.717) is 17.3 Å². The first-order chi connectivity index (χ1) is 12.2. The van der Waals surface area contributed by atoms with Crippen molar-refractivity contribution in [3.8, 4) is 0 Å². The van der Waals surface area contributed by atoms with Crippen molar-refractivity contribution in [1.29, 1.82) is 0 Å². The zero-order valence-electron chi connectivity index (χ0n) is 15.2. The molecule has 3 heterocycles. The van der Waals surface area contributed by atoms with Crippen LogP contribution in [0.1, 0.15) is 79.1 Å². The fourth-order valence-electron chi connectivity index (χ4n) is 3.97. The number of carbonyl (C=O) groups is 2. The van der Waals surface area contributed by atoms with Gasteiger partial charge in [0.05, 0.1) is 0 Å². The van der Waals surface area contributed by atoms with Crippen molar-refractivity contribution < 1.29 is 9.59 Å². The Morgan fingerprint density at radius 3 is 2.48 bits per heavy atom. The van der Waals surface area contributed by atoms with Crippen LogP contribution in [0.2, 0.25) is 0 Å². The summed E-state index contributed by atoms with van der Waals surface area (Å²) in [7, 11) is 0. The zero-order valence-corrected chi connectivity index (χ0v) is 15.2. The number of amides is 2. The van der Waals surface area contributed by atoms with Crippen molar-refractivity contribution in [3.05, 3.63) is 29.6 Å². The van der Waals surface area contributed by atoms with E-state index in [9.17, 15) is 9.59 Å². The first-order valence-corrected chi connectivity index (χ1v) is 9.77. The van der Waals surface area contributed by atoms with Gasteiger partial charge in [0.1, 0.15) is 5.69 Å². The van der Waals surface area contributed by atoms with Crippen LogP contribution >= 0.6 is 0 Å². The third-order valence-electron chi connectivity index (χ3n) is 5.48. The van der Waals surface area contributed by atoms with E-state index in [1.54, 1.807) is 18.3 Å². The molecule has 136 valence electrons. The molecular weight excluding hydrogens is 314 g/mol. The molecule has 1 atom stereocenters. The maximum Gasteiger partial charge on any atom is 0.272 e. The van der Waals surface area contributed by atoms with E-state index in [4.69, 9.17) is 0 Å². The topological polar surface area (TPSA) is 53.5 Å². The maximum absolute atomic E-state index is 12.9. The molecule has 1 aromatic rings. The molecular formula is C20H29N3O2. The number of pyridine rings is 1. The van der Waals surface area contributed by atoms with E-state index < -0.39 is 0 Å². The van der Waals surface area contributed by atoms with Crippen molar-refractivity contribution in [2.45, 2.75) is 64.3 Å². The third-order valence-corrected chi connectivity index (χ3v) is 5.48. The molecule has 2 amide bonds. The average molecular weight is 343 g/mol. The highest BCUT2D eigenvalue weighted by Crippen LogP contribution is 2.22. The van der Waals surface area contributed by atoms with Crippen LogP contribution in [0.3, 0.4) is 0 Å². The fourth-order valence-corrected chi connectivity index (χ4v) is 3.97. The van der Waals surface area contributed by atoms with Gasteiger partial charge in [0.15, 0.2) is 0 Å². The monoisotopic (exact) mass is 343 g/mol. The molecule has 0 N–H and O–H groups in total. The number of hydrogen-bond donors (Lipinski definition) is 0. The van der Waals surface area contributed by atoms with Crippen molar-refractivity contribution in [1.82, 2.24) is 14.8 Å².